The average Bonchev–Trinajstić information content (AvgIpc) is 2.77. The SMILES string of the molecule is CN(C)CCn1c2c[nH]c(CF)cc2c2ccc(=O)cc21. The Labute approximate surface area is 121 Å². The van der Waals surface area contributed by atoms with Crippen molar-refractivity contribution >= 4 is 21.8 Å². The largest absolute Gasteiger partial charge is 0.361 e. The van der Waals surface area contributed by atoms with Crippen molar-refractivity contribution in [1.82, 2.24) is 14.5 Å². The summed E-state index contributed by atoms with van der Waals surface area (Å²) in [5.41, 5.74) is 2.44. The van der Waals surface area contributed by atoms with E-state index in [1.807, 2.05) is 32.4 Å². The molecule has 1 N–H and O–H groups in total. The zero-order chi connectivity index (χ0) is 15.0. The third-order valence-electron chi connectivity index (χ3n) is 3.74. The lowest BCUT2D eigenvalue weighted by Crippen LogP contribution is -2.18. The van der Waals surface area contributed by atoms with Crippen molar-refractivity contribution in [1.29, 1.82) is 0 Å². The van der Waals surface area contributed by atoms with Crippen LogP contribution >= 0.6 is 0 Å². The fraction of sp³-hybridized carbons (Fsp3) is 0.312. The maximum atomic E-state index is 12.9. The number of H-pyrrole nitrogens is 1. The molecule has 0 aliphatic rings. The first kappa shape index (κ1) is 13.8. The number of hydrogen-bond acceptors (Lipinski definition) is 2. The van der Waals surface area contributed by atoms with E-state index < -0.39 is 6.67 Å². The maximum absolute atomic E-state index is 12.9. The lowest BCUT2D eigenvalue weighted by Gasteiger charge is -2.12. The molecule has 2 aromatic heterocycles. The van der Waals surface area contributed by atoms with Gasteiger partial charge in [0.25, 0.3) is 0 Å². The van der Waals surface area contributed by atoms with Gasteiger partial charge in [-0.3, -0.25) is 4.79 Å². The van der Waals surface area contributed by atoms with Crippen LogP contribution in [0.5, 0.6) is 0 Å². The Morgan fingerprint density at radius 1 is 1.19 bits per heavy atom. The minimum atomic E-state index is -0.528. The molecule has 3 rings (SSSR count). The predicted octanol–water partition coefficient (Wildman–Crippen LogP) is 2.51. The van der Waals surface area contributed by atoms with Gasteiger partial charge in [-0.05, 0) is 32.3 Å². The van der Waals surface area contributed by atoms with E-state index in [4.69, 9.17) is 0 Å². The van der Waals surface area contributed by atoms with Crippen LogP contribution in [-0.2, 0) is 13.2 Å². The molecule has 0 saturated heterocycles. The molecule has 0 amide bonds. The minimum absolute atomic E-state index is 0.00824. The first-order valence-electron chi connectivity index (χ1n) is 6.94. The highest BCUT2D eigenvalue weighted by Gasteiger charge is 2.12. The van der Waals surface area contributed by atoms with E-state index in [0.29, 0.717) is 5.69 Å². The summed E-state index contributed by atoms with van der Waals surface area (Å²) in [6.07, 6.45) is 1.82. The number of benzene rings is 1. The van der Waals surface area contributed by atoms with Crippen LogP contribution in [0.15, 0.2) is 35.3 Å². The Balaban J connectivity index is 2.29. The number of rotatable bonds is 4. The lowest BCUT2D eigenvalue weighted by atomic mass is 10.1. The van der Waals surface area contributed by atoms with E-state index >= 15 is 0 Å². The molecule has 0 unspecified atom stereocenters. The van der Waals surface area contributed by atoms with Crippen molar-refractivity contribution < 1.29 is 4.39 Å². The Hall–Kier alpha value is -2.14. The van der Waals surface area contributed by atoms with Gasteiger partial charge in [0.15, 0.2) is 5.43 Å². The summed E-state index contributed by atoms with van der Waals surface area (Å²) in [7, 11) is 4.03. The van der Waals surface area contributed by atoms with Gasteiger partial charge in [0.1, 0.15) is 6.67 Å². The molecule has 3 aromatic rings. The normalized spacial score (nSPS) is 11.8. The molecule has 0 spiro atoms. The maximum Gasteiger partial charge on any atom is 0.180 e. The fourth-order valence-corrected chi connectivity index (χ4v) is 2.68. The van der Waals surface area contributed by atoms with Gasteiger partial charge in [-0.25, -0.2) is 4.39 Å². The molecule has 0 aliphatic carbocycles. The van der Waals surface area contributed by atoms with Gasteiger partial charge in [0, 0.05) is 41.8 Å². The van der Waals surface area contributed by atoms with Crippen molar-refractivity contribution in [2.75, 3.05) is 20.6 Å². The molecule has 0 atom stereocenters. The molecular weight excluding hydrogens is 269 g/mol. The summed E-state index contributed by atoms with van der Waals surface area (Å²) < 4.78 is 15.0. The molecule has 0 radical (unpaired) electrons. The number of pyridine rings is 1. The van der Waals surface area contributed by atoms with Gasteiger partial charge in [-0.1, -0.05) is 0 Å². The number of likely N-dealkylation sites (N-methyl/N-ethyl adjacent to an activating group) is 1. The van der Waals surface area contributed by atoms with Crippen LogP contribution in [0.1, 0.15) is 5.69 Å². The zero-order valence-corrected chi connectivity index (χ0v) is 12.2. The van der Waals surface area contributed by atoms with Crippen molar-refractivity contribution in [3.63, 3.8) is 0 Å². The molecule has 110 valence electrons. The third kappa shape index (κ3) is 2.45. The van der Waals surface area contributed by atoms with Gasteiger partial charge in [0.05, 0.1) is 11.0 Å². The number of alkyl halides is 1. The molecule has 0 aliphatic heterocycles. The molecule has 0 saturated carbocycles. The van der Waals surface area contributed by atoms with Crippen LogP contribution in [0, 0.1) is 0 Å². The molecule has 5 heteroatoms. The fourth-order valence-electron chi connectivity index (χ4n) is 2.68. The van der Waals surface area contributed by atoms with Crippen LogP contribution in [0.2, 0.25) is 0 Å². The Kier molecular flexibility index (Phi) is 3.51. The van der Waals surface area contributed by atoms with E-state index in [9.17, 15) is 9.18 Å². The molecular formula is C16H18FN3O. The van der Waals surface area contributed by atoms with Crippen LogP contribution in [0.3, 0.4) is 0 Å². The molecule has 2 heterocycles. The predicted molar refractivity (Wildman–Crippen MR) is 83.4 cm³/mol. The van der Waals surface area contributed by atoms with E-state index in [2.05, 4.69) is 14.5 Å². The second kappa shape index (κ2) is 5.33. The summed E-state index contributed by atoms with van der Waals surface area (Å²) in [4.78, 5) is 16.8. The second-order valence-electron chi connectivity index (χ2n) is 5.52. The van der Waals surface area contributed by atoms with Crippen molar-refractivity contribution in [2.45, 2.75) is 13.2 Å². The smallest absolute Gasteiger partial charge is 0.180 e. The Bertz CT molecular complexity index is 848. The van der Waals surface area contributed by atoms with E-state index in [1.54, 1.807) is 12.1 Å². The Morgan fingerprint density at radius 3 is 2.71 bits per heavy atom. The van der Waals surface area contributed by atoms with E-state index in [0.717, 1.165) is 34.9 Å². The monoisotopic (exact) mass is 287 g/mol. The van der Waals surface area contributed by atoms with Crippen LogP contribution in [0.25, 0.3) is 21.8 Å². The summed E-state index contributed by atoms with van der Waals surface area (Å²) in [6, 6.07) is 6.87. The standard InChI is InChI=1S/C16H18FN3O/c1-19(2)5-6-20-15-8-12(21)3-4-13(15)14-7-11(9-17)18-10-16(14)20/h3-4,7-8,10,18H,5-6,9H2,1-2H3. The number of hydrogen-bond donors (Lipinski definition) is 1. The molecule has 0 fully saturated rings. The van der Waals surface area contributed by atoms with Crippen molar-refractivity contribution in [2.24, 2.45) is 0 Å². The molecule has 1 aromatic carbocycles. The van der Waals surface area contributed by atoms with E-state index in [1.165, 1.54) is 0 Å². The van der Waals surface area contributed by atoms with Crippen molar-refractivity contribution in [3.8, 4) is 0 Å². The lowest BCUT2D eigenvalue weighted by molar-refractivity contribution is 0.389. The number of aromatic nitrogens is 2. The van der Waals surface area contributed by atoms with Crippen LogP contribution < -0.4 is 5.43 Å². The molecule has 0 bridgehead atoms. The third-order valence-corrected chi connectivity index (χ3v) is 3.74. The van der Waals surface area contributed by atoms with E-state index in [-0.39, 0.29) is 5.43 Å². The first-order chi connectivity index (χ1) is 10.1. The summed E-state index contributed by atoms with van der Waals surface area (Å²) in [5, 5.41) is 1.97. The van der Waals surface area contributed by atoms with Gasteiger partial charge >= 0.3 is 0 Å². The number of nitrogens with one attached hydrogen (secondary N) is 1. The number of nitrogens with zero attached hydrogens (tertiary/aromatic N) is 2. The van der Waals surface area contributed by atoms with Crippen LogP contribution in [-0.4, -0.2) is 35.1 Å². The molecule has 21 heavy (non-hydrogen) atoms. The van der Waals surface area contributed by atoms with Gasteiger partial charge < -0.3 is 14.5 Å². The summed E-state index contributed by atoms with van der Waals surface area (Å²) >= 11 is 0. The number of aromatic amines is 1. The second-order valence-corrected chi connectivity index (χ2v) is 5.52. The van der Waals surface area contributed by atoms with Crippen LogP contribution in [0.4, 0.5) is 4.39 Å². The Morgan fingerprint density at radius 2 is 2.00 bits per heavy atom. The quantitative estimate of drug-likeness (QED) is 0.801. The highest BCUT2D eigenvalue weighted by Crippen LogP contribution is 2.28. The van der Waals surface area contributed by atoms with Gasteiger partial charge in [-0.2, -0.15) is 0 Å². The highest BCUT2D eigenvalue weighted by molar-refractivity contribution is 6.07. The first-order valence-corrected chi connectivity index (χ1v) is 6.94. The topological polar surface area (TPSA) is 41.0 Å². The van der Waals surface area contributed by atoms with Gasteiger partial charge in [-0.15, -0.1) is 0 Å². The van der Waals surface area contributed by atoms with Crippen molar-refractivity contribution in [3.05, 3.63) is 46.4 Å². The highest BCUT2D eigenvalue weighted by atomic mass is 19.1. The minimum Gasteiger partial charge on any atom is -0.361 e. The average molecular weight is 287 g/mol. The molecule has 4 nitrogen and oxygen atoms in total. The zero-order valence-electron chi connectivity index (χ0n) is 12.2. The summed E-state index contributed by atoms with van der Waals surface area (Å²) in [6.45, 7) is 1.12. The number of halogens is 1. The number of fused-ring (bicyclic) bond motifs is 3. The summed E-state index contributed by atoms with van der Waals surface area (Å²) in [5.74, 6) is 0. The van der Waals surface area contributed by atoms with Gasteiger partial charge in [0.2, 0.25) is 0 Å².